The van der Waals surface area contributed by atoms with E-state index in [-0.39, 0.29) is 29.9 Å². The Bertz CT molecular complexity index is 811. The molecule has 0 saturated carbocycles. The van der Waals surface area contributed by atoms with Gasteiger partial charge in [-0.25, -0.2) is 9.78 Å². The number of hydrogen-bond acceptors (Lipinski definition) is 5. The summed E-state index contributed by atoms with van der Waals surface area (Å²) in [5.74, 6) is 0. The zero-order valence-corrected chi connectivity index (χ0v) is 19.3. The van der Waals surface area contributed by atoms with Crippen LogP contribution in [0.3, 0.4) is 0 Å². The summed E-state index contributed by atoms with van der Waals surface area (Å²) in [5.41, 5.74) is 0. The molecule has 0 radical (unpaired) electrons. The number of fused-ring (bicyclic) bond motifs is 1. The fourth-order valence-electron chi connectivity index (χ4n) is 3.29. The molecule has 0 unspecified atom stereocenters. The molecule has 3 heterocycles. The standard InChI is InChI=1S/C20H31N3O3SSi/c1-7-8-25-19(24)23-12-16(26-28(5,6)20(2,3)4)9-15(23)10-17-13-22-14-21-11-18(22)27-17/h7,11,13-16H,1,8-10,12H2,2-6H3/t15-,16+/m0/s1. The van der Waals surface area contributed by atoms with Gasteiger partial charge in [-0.15, -0.1) is 11.3 Å². The second-order valence-electron chi connectivity index (χ2n) is 8.95. The van der Waals surface area contributed by atoms with Gasteiger partial charge in [0.05, 0.1) is 18.6 Å². The van der Waals surface area contributed by atoms with Crippen LogP contribution in [0.2, 0.25) is 18.1 Å². The number of thiazole rings is 1. The Morgan fingerprint density at radius 2 is 2.21 bits per heavy atom. The molecule has 1 aliphatic rings. The molecular weight excluding hydrogens is 390 g/mol. The van der Waals surface area contributed by atoms with Crippen molar-refractivity contribution in [3.63, 3.8) is 0 Å². The van der Waals surface area contributed by atoms with E-state index < -0.39 is 8.32 Å². The Balaban J connectivity index is 1.75. The summed E-state index contributed by atoms with van der Waals surface area (Å²) in [6.45, 7) is 15.7. The number of aromatic nitrogens is 2. The van der Waals surface area contributed by atoms with Crippen molar-refractivity contribution in [3.8, 4) is 0 Å². The average molecular weight is 422 g/mol. The van der Waals surface area contributed by atoms with Crippen LogP contribution in [0, 0.1) is 0 Å². The number of nitrogens with zero attached hydrogens (tertiary/aromatic N) is 3. The first-order valence-electron chi connectivity index (χ1n) is 9.73. The summed E-state index contributed by atoms with van der Waals surface area (Å²) in [4.78, 5) is 21.0. The van der Waals surface area contributed by atoms with Crippen LogP contribution in [0.15, 0.2) is 31.4 Å². The first-order valence-corrected chi connectivity index (χ1v) is 13.5. The summed E-state index contributed by atoms with van der Waals surface area (Å²) < 4.78 is 14.0. The minimum absolute atomic E-state index is 0.0507. The summed E-state index contributed by atoms with van der Waals surface area (Å²) in [6.07, 6.45) is 8.77. The Morgan fingerprint density at radius 3 is 2.86 bits per heavy atom. The van der Waals surface area contributed by atoms with Gasteiger partial charge in [0, 0.05) is 30.1 Å². The van der Waals surface area contributed by atoms with E-state index >= 15 is 0 Å². The highest BCUT2D eigenvalue weighted by Gasteiger charge is 2.44. The van der Waals surface area contributed by atoms with E-state index in [1.54, 1.807) is 17.4 Å². The highest BCUT2D eigenvalue weighted by atomic mass is 32.1. The van der Waals surface area contributed by atoms with Crippen LogP contribution < -0.4 is 0 Å². The molecule has 0 N–H and O–H groups in total. The second kappa shape index (κ2) is 8.00. The van der Waals surface area contributed by atoms with Crippen molar-refractivity contribution >= 4 is 30.6 Å². The van der Waals surface area contributed by atoms with Crippen LogP contribution in [0.4, 0.5) is 4.79 Å². The summed E-state index contributed by atoms with van der Waals surface area (Å²) >= 11 is 1.71. The van der Waals surface area contributed by atoms with Gasteiger partial charge in [-0.2, -0.15) is 0 Å². The van der Waals surface area contributed by atoms with Crippen molar-refractivity contribution in [2.75, 3.05) is 13.2 Å². The molecule has 2 aromatic rings. The van der Waals surface area contributed by atoms with Gasteiger partial charge in [0.2, 0.25) is 0 Å². The Kier molecular flexibility index (Phi) is 6.02. The Hall–Kier alpha value is -1.64. The van der Waals surface area contributed by atoms with Gasteiger partial charge in [0.1, 0.15) is 11.4 Å². The van der Waals surface area contributed by atoms with Crippen molar-refractivity contribution in [1.82, 2.24) is 14.3 Å². The van der Waals surface area contributed by atoms with Gasteiger partial charge in [0.15, 0.2) is 8.32 Å². The first kappa shape index (κ1) is 21.1. The number of carbonyl (C=O) groups excluding carboxylic acids is 1. The van der Waals surface area contributed by atoms with Crippen molar-refractivity contribution in [2.45, 2.75) is 63.9 Å². The number of imidazole rings is 1. The maximum atomic E-state index is 12.6. The van der Waals surface area contributed by atoms with E-state index in [1.165, 1.54) is 4.88 Å². The Labute approximate surface area is 172 Å². The van der Waals surface area contributed by atoms with Crippen LogP contribution in [0.25, 0.3) is 4.83 Å². The molecule has 0 aliphatic carbocycles. The maximum absolute atomic E-state index is 12.6. The zero-order chi connectivity index (χ0) is 20.5. The molecule has 0 bridgehead atoms. The number of hydrogen-bond donors (Lipinski definition) is 0. The lowest BCUT2D eigenvalue weighted by Crippen LogP contribution is -2.44. The maximum Gasteiger partial charge on any atom is 0.410 e. The molecule has 0 aromatic carbocycles. The van der Waals surface area contributed by atoms with E-state index in [0.29, 0.717) is 6.54 Å². The Morgan fingerprint density at radius 1 is 1.46 bits per heavy atom. The van der Waals surface area contributed by atoms with Gasteiger partial charge in [-0.1, -0.05) is 33.4 Å². The largest absolute Gasteiger partial charge is 0.445 e. The lowest BCUT2D eigenvalue weighted by atomic mass is 10.1. The molecule has 154 valence electrons. The molecule has 3 rings (SSSR count). The zero-order valence-electron chi connectivity index (χ0n) is 17.5. The molecule has 6 nitrogen and oxygen atoms in total. The van der Waals surface area contributed by atoms with Crippen molar-refractivity contribution in [2.24, 2.45) is 0 Å². The molecule has 0 spiro atoms. The lowest BCUT2D eigenvalue weighted by molar-refractivity contribution is 0.103. The van der Waals surface area contributed by atoms with Crippen LogP contribution >= 0.6 is 11.3 Å². The van der Waals surface area contributed by atoms with Crippen molar-refractivity contribution in [1.29, 1.82) is 0 Å². The van der Waals surface area contributed by atoms with E-state index in [0.717, 1.165) is 17.7 Å². The number of ether oxygens (including phenoxy) is 1. The third kappa shape index (κ3) is 4.50. The average Bonchev–Trinajstić information content (AvgIpc) is 3.26. The molecule has 1 amide bonds. The molecule has 8 heteroatoms. The topological polar surface area (TPSA) is 56.1 Å². The smallest absolute Gasteiger partial charge is 0.410 e. The molecular formula is C20H31N3O3SSi. The summed E-state index contributed by atoms with van der Waals surface area (Å²) in [6, 6.07) is 0.0726. The minimum atomic E-state index is -1.90. The van der Waals surface area contributed by atoms with Crippen LogP contribution in [0.5, 0.6) is 0 Å². The predicted octanol–water partition coefficient (Wildman–Crippen LogP) is 4.73. The van der Waals surface area contributed by atoms with Crippen LogP contribution in [0.1, 0.15) is 32.1 Å². The highest BCUT2D eigenvalue weighted by Crippen LogP contribution is 2.39. The van der Waals surface area contributed by atoms with Gasteiger partial charge in [0.25, 0.3) is 0 Å². The van der Waals surface area contributed by atoms with Crippen LogP contribution in [-0.2, 0) is 15.6 Å². The molecule has 2 aromatic heterocycles. The lowest BCUT2D eigenvalue weighted by Gasteiger charge is -2.38. The highest BCUT2D eigenvalue weighted by molar-refractivity contribution is 7.17. The first-order chi connectivity index (χ1) is 13.1. The molecule has 1 aliphatic heterocycles. The van der Waals surface area contributed by atoms with Crippen molar-refractivity contribution in [3.05, 3.63) is 36.3 Å². The minimum Gasteiger partial charge on any atom is -0.445 e. The monoisotopic (exact) mass is 421 g/mol. The number of amides is 1. The van der Waals surface area contributed by atoms with E-state index in [9.17, 15) is 4.79 Å². The van der Waals surface area contributed by atoms with E-state index in [1.807, 2.05) is 21.8 Å². The second-order valence-corrected chi connectivity index (χ2v) is 14.9. The van der Waals surface area contributed by atoms with Gasteiger partial charge < -0.3 is 14.1 Å². The van der Waals surface area contributed by atoms with Crippen molar-refractivity contribution < 1.29 is 14.0 Å². The molecule has 1 fully saturated rings. The SMILES string of the molecule is C=CCOC(=O)N1C[C@H](O[Si](C)(C)C(C)(C)C)C[C@H]1Cc1cn2cncc2s1. The predicted molar refractivity (Wildman–Crippen MR) is 115 cm³/mol. The molecule has 28 heavy (non-hydrogen) atoms. The van der Waals surface area contributed by atoms with Crippen LogP contribution in [-0.4, -0.2) is 54.0 Å². The number of likely N-dealkylation sites (tertiary alicyclic amines) is 1. The van der Waals surface area contributed by atoms with E-state index in [4.69, 9.17) is 9.16 Å². The summed E-state index contributed by atoms with van der Waals surface area (Å²) in [5, 5.41) is 0.139. The molecule has 1 saturated heterocycles. The van der Waals surface area contributed by atoms with Gasteiger partial charge in [-0.05, 0) is 24.6 Å². The summed E-state index contributed by atoms with van der Waals surface area (Å²) in [7, 11) is -1.90. The fourth-order valence-corrected chi connectivity index (χ4v) is 5.68. The quantitative estimate of drug-likeness (QED) is 0.500. The molecule has 2 atom stereocenters. The van der Waals surface area contributed by atoms with Gasteiger partial charge in [-0.3, -0.25) is 4.40 Å². The van der Waals surface area contributed by atoms with Gasteiger partial charge >= 0.3 is 6.09 Å². The van der Waals surface area contributed by atoms with E-state index in [2.05, 4.69) is 51.6 Å². The number of rotatable bonds is 6. The number of carbonyl (C=O) groups is 1. The normalized spacial score (nSPS) is 20.7. The third-order valence-corrected chi connectivity index (χ3v) is 11.4. The third-order valence-electron chi connectivity index (χ3n) is 5.79. The fraction of sp³-hybridized carbons (Fsp3) is 0.600.